The van der Waals surface area contributed by atoms with Crippen molar-refractivity contribution in [3.05, 3.63) is 138 Å². The van der Waals surface area contributed by atoms with Crippen LogP contribution in [0.1, 0.15) is 59.8 Å². The summed E-state index contributed by atoms with van der Waals surface area (Å²) in [5.41, 5.74) is 9.47. The fourth-order valence-corrected chi connectivity index (χ4v) is 12.0. The third kappa shape index (κ3) is 9.20. The van der Waals surface area contributed by atoms with E-state index >= 15 is 0 Å². The fourth-order valence-electron chi connectivity index (χ4n) is 9.03. The van der Waals surface area contributed by atoms with Crippen LogP contribution < -0.4 is 5.32 Å². The number of fused-ring (bicyclic) bond motifs is 6. The third-order valence-corrected chi connectivity index (χ3v) is 14.9. The molecule has 2 saturated heterocycles. The number of amides is 3. The zero-order chi connectivity index (χ0) is 47.5. The van der Waals surface area contributed by atoms with E-state index in [1.54, 1.807) is 39.5 Å². The number of ether oxygens (including phenoxy) is 2. The van der Waals surface area contributed by atoms with E-state index in [2.05, 4.69) is 47.8 Å². The van der Waals surface area contributed by atoms with E-state index in [4.69, 9.17) is 19.7 Å². The highest BCUT2D eigenvalue weighted by Crippen LogP contribution is 2.48. The number of hydrogen-bond donors (Lipinski definition) is 1. The quantitative estimate of drug-likeness (QED) is 0.147. The van der Waals surface area contributed by atoms with Crippen molar-refractivity contribution in [3.63, 3.8) is 0 Å². The minimum atomic E-state index is -3.87. The standard InChI is InChI=1S/C27H23N3O2S.C25H30N4O5S/c31-27(29-14-16-32-17-15-29)24-23-18-33-26-21(19-8-3-1-4-9-19)12-7-13-22(26)25(23)30(28-24)20-10-5-2-6-11-20;1-5-7-18(14-16(2)3)29-23-19-8-6-9-21(26-17(4)30)24(19)35(32,33)15-20(23)22(27-29)25(31)28-10-12-34-13-11-28/h1-13H,14-18H2;5-9,14,16H,10-13,15H2,1-4H3,(H,26,30)/b;7-5-,18-14+. The van der Waals surface area contributed by atoms with Crippen molar-refractivity contribution in [1.29, 1.82) is 0 Å². The number of thioether (sulfide) groups is 1. The number of rotatable bonds is 8. The number of allylic oxidation sites excluding steroid dienone is 4. The molecule has 68 heavy (non-hydrogen) atoms. The first kappa shape index (κ1) is 46.5. The minimum Gasteiger partial charge on any atom is -0.378 e. The lowest BCUT2D eigenvalue weighted by molar-refractivity contribution is -0.114. The highest BCUT2D eigenvalue weighted by atomic mass is 32.2. The first-order chi connectivity index (χ1) is 32.9. The Labute approximate surface area is 400 Å². The molecule has 14 nitrogen and oxygen atoms in total. The van der Waals surface area contributed by atoms with Crippen LogP contribution in [0, 0.1) is 5.92 Å². The molecule has 6 heterocycles. The van der Waals surface area contributed by atoms with Gasteiger partial charge in [0.05, 0.1) is 60.6 Å². The van der Waals surface area contributed by atoms with Gasteiger partial charge < -0.3 is 24.6 Å². The number of benzene rings is 4. The number of nitrogens with zero attached hydrogens (tertiary/aromatic N) is 6. The summed E-state index contributed by atoms with van der Waals surface area (Å²) >= 11 is 1.79. The highest BCUT2D eigenvalue weighted by molar-refractivity contribution is 7.99. The Kier molecular flexibility index (Phi) is 13.6. The van der Waals surface area contributed by atoms with Crippen LogP contribution in [0.3, 0.4) is 0 Å². The van der Waals surface area contributed by atoms with Crippen molar-refractivity contribution in [2.45, 2.75) is 49.0 Å². The Morgan fingerprint density at radius 2 is 1.31 bits per heavy atom. The van der Waals surface area contributed by atoms with Crippen LogP contribution in [0.25, 0.3) is 45.0 Å². The highest BCUT2D eigenvalue weighted by Gasteiger charge is 2.39. The molecule has 0 radical (unpaired) electrons. The van der Waals surface area contributed by atoms with Gasteiger partial charge in [0.25, 0.3) is 11.8 Å². The summed E-state index contributed by atoms with van der Waals surface area (Å²) in [6.07, 6.45) is 5.77. The van der Waals surface area contributed by atoms with E-state index in [-0.39, 0.29) is 45.7 Å². The first-order valence-corrected chi connectivity index (χ1v) is 25.4. The molecule has 2 fully saturated rings. The number of aromatic nitrogens is 4. The molecule has 0 saturated carbocycles. The lowest BCUT2D eigenvalue weighted by atomic mass is 9.98. The maximum absolute atomic E-state index is 13.5. The SMILES string of the molecule is C/C=C\C(=C/C(C)C)n1nc(C(=O)N2CCOCC2)c2c1-c1cccc(NC(C)=O)c1S(=O)(=O)C2.O=C(c1nn(-c2ccccc2)c2c1CSc1c(-c3ccccc3)cccc1-2)N1CCOCC1. The number of hydrogen-bond acceptors (Lipinski definition) is 10. The van der Waals surface area contributed by atoms with Crippen LogP contribution in [-0.2, 0) is 35.6 Å². The van der Waals surface area contributed by atoms with Crippen LogP contribution in [0.2, 0.25) is 0 Å². The summed E-state index contributed by atoms with van der Waals surface area (Å²) in [4.78, 5) is 43.6. The number of para-hydroxylation sites is 1. The molecule has 350 valence electrons. The maximum atomic E-state index is 13.5. The number of anilines is 1. The second-order valence-electron chi connectivity index (χ2n) is 17.1. The van der Waals surface area contributed by atoms with E-state index < -0.39 is 9.84 Å². The molecule has 0 bridgehead atoms. The normalized spacial score (nSPS) is 16.3. The predicted octanol–water partition coefficient (Wildman–Crippen LogP) is 8.63. The van der Waals surface area contributed by atoms with E-state index in [1.165, 1.54) is 22.9 Å². The molecular formula is C52H53N7O7S2. The molecular weight excluding hydrogens is 899 g/mol. The van der Waals surface area contributed by atoms with Gasteiger partial charge in [0.1, 0.15) is 4.90 Å². The van der Waals surface area contributed by atoms with Gasteiger partial charge in [-0.1, -0.05) is 105 Å². The molecule has 4 aliphatic rings. The molecule has 0 spiro atoms. The average Bonchev–Trinajstić information content (AvgIpc) is 3.93. The molecule has 1 N–H and O–H groups in total. The van der Waals surface area contributed by atoms with Crippen molar-refractivity contribution in [2.75, 3.05) is 57.9 Å². The van der Waals surface area contributed by atoms with Gasteiger partial charge in [-0.15, -0.1) is 11.8 Å². The average molecular weight is 952 g/mol. The zero-order valence-electron chi connectivity index (χ0n) is 38.5. The largest absolute Gasteiger partial charge is 0.378 e. The monoisotopic (exact) mass is 951 g/mol. The Morgan fingerprint density at radius 1 is 0.721 bits per heavy atom. The van der Waals surface area contributed by atoms with Crippen LogP contribution in [0.4, 0.5) is 5.69 Å². The van der Waals surface area contributed by atoms with E-state index in [0.29, 0.717) is 80.9 Å². The van der Waals surface area contributed by atoms with Gasteiger partial charge in [-0.2, -0.15) is 10.2 Å². The summed E-state index contributed by atoms with van der Waals surface area (Å²) in [6, 6.07) is 31.9. The summed E-state index contributed by atoms with van der Waals surface area (Å²) in [7, 11) is -3.87. The van der Waals surface area contributed by atoms with Gasteiger partial charge in [0.15, 0.2) is 21.2 Å². The topological polar surface area (TPSA) is 158 Å². The van der Waals surface area contributed by atoms with E-state index in [1.807, 2.05) is 85.0 Å². The smallest absolute Gasteiger partial charge is 0.274 e. The number of nitrogens with one attached hydrogen (secondary N) is 1. The predicted molar refractivity (Wildman–Crippen MR) is 264 cm³/mol. The van der Waals surface area contributed by atoms with Crippen LogP contribution >= 0.6 is 11.8 Å². The number of morpholine rings is 2. The van der Waals surface area contributed by atoms with Crippen molar-refractivity contribution >= 4 is 50.7 Å². The van der Waals surface area contributed by atoms with Crippen LogP contribution in [-0.4, -0.2) is 108 Å². The van der Waals surface area contributed by atoms with E-state index in [0.717, 1.165) is 28.2 Å². The van der Waals surface area contributed by atoms with Crippen molar-refractivity contribution < 1.29 is 32.3 Å². The fraction of sp³-hybridized carbons (Fsp3) is 0.288. The lowest BCUT2D eigenvalue weighted by Gasteiger charge is -2.27. The summed E-state index contributed by atoms with van der Waals surface area (Å²) in [5.74, 6) is -0.189. The van der Waals surface area contributed by atoms with Crippen molar-refractivity contribution in [1.82, 2.24) is 29.4 Å². The minimum absolute atomic E-state index is 0.00695. The molecule has 3 amide bonds. The van der Waals surface area contributed by atoms with Crippen molar-refractivity contribution in [2.24, 2.45) is 5.92 Å². The Hall–Kier alpha value is -6.59. The summed E-state index contributed by atoms with van der Waals surface area (Å²) in [5, 5.41) is 12.3. The summed E-state index contributed by atoms with van der Waals surface area (Å²) < 4.78 is 41.5. The Morgan fingerprint density at radius 3 is 1.93 bits per heavy atom. The Bertz CT molecular complexity index is 3060. The molecule has 2 aromatic heterocycles. The molecule has 10 rings (SSSR count). The molecule has 4 aliphatic heterocycles. The van der Waals surface area contributed by atoms with Crippen LogP contribution in [0.5, 0.6) is 0 Å². The van der Waals surface area contributed by atoms with Gasteiger partial charge in [-0.05, 0) is 48.2 Å². The third-order valence-electron chi connectivity index (χ3n) is 12.0. The van der Waals surface area contributed by atoms with Gasteiger partial charge in [-0.3, -0.25) is 14.4 Å². The molecule has 0 aliphatic carbocycles. The number of carbonyl (C=O) groups excluding carboxylic acids is 3. The van der Waals surface area contributed by atoms with Gasteiger partial charge in [-0.25, -0.2) is 17.8 Å². The molecule has 0 atom stereocenters. The number of sulfone groups is 1. The molecule has 0 unspecified atom stereocenters. The Balaban J connectivity index is 0.000000170. The first-order valence-electron chi connectivity index (χ1n) is 22.8. The van der Waals surface area contributed by atoms with Crippen LogP contribution in [0.15, 0.2) is 125 Å². The summed E-state index contributed by atoms with van der Waals surface area (Å²) in [6.45, 7) is 11.3. The van der Waals surface area contributed by atoms with Gasteiger partial charge in [0.2, 0.25) is 5.91 Å². The van der Waals surface area contributed by atoms with Gasteiger partial charge >= 0.3 is 0 Å². The van der Waals surface area contributed by atoms with Crippen molar-refractivity contribution in [3.8, 4) is 39.3 Å². The number of carbonyl (C=O) groups is 3. The second-order valence-corrected chi connectivity index (χ2v) is 20.0. The maximum Gasteiger partial charge on any atom is 0.274 e. The molecule has 16 heteroatoms. The zero-order valence-corrected chi connectivity index (χ0v) is 40.1. The van der Waals surface area contributed by atoms with E-state index in [9.17, 15) is 22.8 Å². The second kappa shape index (κ2) is 19.9. The molecule has 4 aromatic carbocycles. The molecule has 6 aromatic rings. The van der Waals surface area contributed by atoms with Gasteiger partial charge in [0, 0.05) is 66.0 Å². The lowest BCUT2D eigenvalue weighted by Crippen LogP contribution is -2.41.